The highest BCUT2D eigenvalue weighted by atomic mass is 35.5. The van der Waals surface area contributed by atoms with Gasteiger partial charge in [0.05, 0.1) is 12.1 Å². The van der Waals surface area contributed by atoms with Gasteiger partial charge in [-0.1, -0.05) is 11.6 Å². The number of rotatable bonds is 4. The first kappa shape index (κ1) is 17.7. The van der Waals surface area contributed by atoms with E-state index in [2.05, 4.69) is 15.5 Å². The van der Waals surface area contributed by atoms with E-state index in [0.29, 0.717) is 10.8 Å². The van der Waals surface area contributed by atoms with Crippen LogP contribution in [-0.2, 0) is 24.2 Å². The molecule has 3 heterocycles. The van der Waals surface area contributed by atoms with Crippen molar-refractivity contribution >= 4 is 17.5 Å². The number of hydrogen-bond acceptors (Lipinski definition) is 4. The highest BCUT2D eigenvalue weighted by molar-refractivity contribution is 6.30. The highest BCUT2D eigenvalue weighted by Gasteiger charge is 2.27. The Kier molecular flexibility index (Phi) is 4.70. The minimum absolute atomic E-state index is 0.103. The molecule has 140 valence electrons. The lowest BCUT2D eigenvalue weighted by atomic mass is 9.95. The van der Waals surface area contributed by atoms with Gasteiger partial charge in [0.1, 0.15) is 5.82 Å². The van der Waals surface area contributed by atoms with Crippen LogP contribution in [-0.4, -0.2) is 37.5 Å². The molecule has 4 rings (SSSR count). The summed E-state index contributed by atoms with van der Waals surface area (Å²) in [7, 11) is 1.62. The Balaban J connectivity index is 1.76. The van der Waals surface area contributed by atoms with Gasteiger partial charge >= 0.3 is 0 Å². The number of fused-ring (bicyclic) bond motifs is 1. The molecule has 2 aromatic heterocycles. The molecule has 1 atom stereocenters. The van der Waals surface area contributed by atoms with Gasteiger partial charge in [0.2, 0.25) is 5.91 Å². The van der Waals surface area contributed by atoms with Gasteiger partial charge < -0.3 is 5.32 Å². The van der Waals surface area contributed by atoms with Crippen molar-refractivity contribution in [2.45, 2.75) is 38.6 Å². The maximum Gasteiger partial charge on any atom is 0.227 e. The molecule has 0 bridgehead atoms. The Labute approximate surface area is 162 Å². The zero-order valence-corrected chi connectivity index (χ0v) is 16.1. The second kappa shape index (κ2) is 7.15. The van der Waals surface area contributed by atoms with E-state index in [0.717, 1.165) is 36.5 Å². The van der Waals surface area contributed by atoms with Gasteiger partial charge in [-0.3, -0.25) is 9.48 Å². The summed E-state index contributed by atoms with van der Waals surface area (Å²) in [5, 5.41) is 12.3. The Bertz CT molecular complexity index is 992. The van der Waals surface area contributed by atoms with Gasteiger partial charge in [-0.2, -0.15) is 10.2 Å². The fraction of sp³-hybridized carbons (Fsp3) is 0.368. The lowest BCUT2D eigenvalue weighted by molar-refractivity contribution is -0.120. The number of nitrogens with zero attached hydrogens (tertiary/aromatic N) is 5. The molecule has 1 N–H and O–H groups in total. The molecule has 1 aromatic carbocycles. The number of carbonyl (C=O) groups excluding carboxylic acids is 1. The molecule has 0 saturated carbocycles. The van der Waals surface area contributed by atoms with E-state index in [1.807, 2.05) is 46.7 Å². The molecule has 0 fully saturated rings. The molecule has 1 unspecified atom stereocenters. The summed E-state index contributed by atoms with van der Waals surface area (Å²) in [5.74, 6) is 1.52. The van der Waals surface area contributed by atoms with Gasteiger partial charge in [0, 0.05) is 36.4 Å². The van der Waals surface area contributed by atoms with Crippen molar-refractivity contribution in [2.24, 2.45) is 0 Å². The van der Waals surface area contributed by atoms with Gasteiger partial charge in [-0.15, -0.1) is 0 Å². The summed E-state index contributed by atoms with van der Waals surface area (Å²) < 4.78 is 3.91. The number of hydrogen-bond donors (Lipinski definition) is 1. The van der Waals surface area contributed by atoms with E-state index in [-0.39, 0.29) is 18.2 Å². The zero-order chi connectivity index (χ0) is 19.0. The number of halogens is 1. The third-order valence-corrected chi connectivity index (χ3v) is 5.21. The Morgan fingerprint density at radius 3 is 3.00 bits per heavy atom. The molecule has 27 heavy (non-hydrogen) atoms. The quantitative estimate of drug-likeness (QED) is 0.749. The minimum Gasteiger partial charge on any atom is -0.359 e. The smallest absolute Gasteiger partial charge is 0.227 e. The van der Waals surface area contributed by atoms with Gasteiger partial charge in [0.25, 0.3) is 0 Å². The summed E-state index contributed by atoms with van der Waals surface area (Å²) in [6.07, 6.45) is 3.78. The molecule has 7 nitrogen and oxygen atoms in total. The van der Waals surface area contributed by atoms with E-state index in [1.165, 1.54) is 5.69 Å². The molecule has 0 saturated heterocycles. The van der Waals surface area contributed by atoms with Gasteiger partial charge in [-0.25, -0.2) is 9.67 Å². The number of aromatic nitrogens is 5. The first-order chi connectivity index (χ1) is 13.0. The molecule has 0 radical (unpaired) electrons. The second-order valence-corrected chi connectivity index (χ2v) is 7.25. The first-order valence-electron chi connectivity index (χ1n) is 8.99. The van der Waals surface area contributed by atoms with Crippen molar-refractivity contribution in [1.29, 1.82) is 0 Å². The van der Waals surface area contributed by atoms with E-state index in [9.17, 15) is 4.79 Å². The van der Waals surface area contributed by atoms with Crippen LogP contribution < -0.4 is 5.32 Å². The fourth-order valence-corrected chi connectivity index (χ4v) is 3.79. The average Bonchev–Trinajstić information content (AvgIpc) is 3.27. The van der Waals surface area contributed by atoms with Crippen molar-refractivity contribution in [2.75, 3.05) is 7.05 Å². The number of carbonyl (C=O) groups is 1. The maximum atomic E-state index is 11.8. The predicted molar refractivity (Wildman–Crippen MR) is 102 cm³/mol. The molecular formula is C19H21ClN6O. The Morgan fingerprint density at radius 1 is 1.37 bits per heavy atom. The summed E-state index contributed by atoms with van der Waals surface area (Å²) in [6, 6.07) is 7.76. The van der Waals surface area contributed by atoms with Crippen molar-refractivity contribution in [3.05, 3.63) is 58.4 Å². The van der Waals surface area contributed by atoms with E-state index in [1.54, 1.807) is 7.05 Å². The summed E-state index contributed by atoms with van der Waals surface area (Å²) >= 11 is 6.12. The summed E-state index contributed by atoms with van der Waals surface area (Å²) in [6.45, 7) is 2.85. The van der Waals surface area contributed by atoms with Crippen molar-refractivity contribution in [3.8, 4) is 5.69 Å². The zero-order valence-electron chi connectivity index (χ0n) is 15.3. The molecule has 1 aliphatic rings. The third kappa shape index (κ3) is 3.47. The lowest BCUT2D eigenvalue weighted by Crippen LogP contribution is -2.21. The number of aryl methyl sites for hydroxylation is 2. The monoisotopic (exact) mass is 384 g/mol. The van der Waals surface area contributed by atoms with Crippen LogP contribution in [0.3, 0.4) is 0 Å². The molecular weight excluding hydrogens is 364 g/mol. The SMILES string of the molecule is CNC(=O)Cc1nc(C2CCn3nccc3C2)n(-c2ccc(Cl)cc2C)n1. The number of benzene rings is 1. The van der Waals surface area contributed by atoms with Crippen molar-refractivity contribution in [1.82, 2.24) is 29.9 Å². The van der Waals surface area contributed by atoms with Crippen molar-refractivity contribution in [3.63, 3.8) is 0 Å². The molecule has 3 aromatic rings. The topological polar surface area (TPSA) is 77.6 Å². The van der Waals surface area contributed by atoms with Crippen LogP contribution in [0.15, 0.2) is 30.5 Å². The average molecular weight is 385 g/mol. The molecule has 0 spiro atoms. The standard InChI is InChI=1S/C19H21ClN6O/c1-12-9-14(20)3-4-16(12)26-19(23-17(24-26)11-18(27)21-2)13-6-8-25-15(10-13)5-7-22-25/h3-5,7,9,13H,6,8,10-11H2,1-2H3,(H,21,27). The van der Waals surface area contributed by atoms with Crippen LogP contribution in [0.25, 0.3) is 5.69 Å². The number of nitrogens with one attached hydrogen (secondary N) is 1. The van der Waals surface area contributed by atoms with E-state index in [4.69, 9.17) is 16.6 Å². The lowest BCUT2D eigenvalue weighted by Gasteiger charge is -2.23. The minimum atomic E-state index is -0.103. The van der Waals surface area contributed by atoms with Crippen LogP contribution in [0.4, 0.5) is 0 Å². The Hall–Kier alpha value is -2.67. The van der Waals surface area contributed by atoms with Crippen LogP contribution in [0.1, 0.15) is 35.2 Å². The van der Waals surface area contributed by atoms with Crippen LogP contribution >= 0.6 is 11.6 Å². The first-order valence-corrected chi connectivity index (χ1v) is 9.36. The molecule has 0 aliphatic carbocycles. The largest absolute Gasteiger partial charge is 0.359 e. The molecule has 1 aliphatic heterocycles. The van der Waals surface area contributed by atoms with E-state index < -0.39 is 0 Å². The second-order valence-electron chi connectivity index (χ2n) is 6.81. The van der Waals surface area contributed by atoms with Crippen molar-refractivity contribution < 1.29 is 4.79 Å². The molecule has 1 amide bonds. The maximum absolute atomic E-state index is 11.8. The normalized spacial score (nSPS) is 16.2. The predicted octanol–water partition coefficient (Wildman–Crippen LogP) is 2.44. The summed E-state index contributed by atoms with van der Waals surface area (Å²) in [5.41, 5.74) is 3.15. The van der Waals surface area contributed by atoms with Crippen LogP contribution in [0.2, 0.25) is 5.02 Å². The number of likely N-dealkylation sites (N-methyl/N-ethyl adjacent to an activating group) is 1. The number of amides is 1. The van der Waals surface area contributed by atoms with Crippen LogP contribution in [0, 0.1) is 6.92 Å². The van der Waals surface area contributed by atoms with Gasteiger partial charge in [0.15, 0.2) is 5.82 Å². The van der Waals surface area contributed by atoms with Crippen LogP contribution in [0.5, 0.6) is 0 Å². The highest BCUT2D eigenvalue weighted by Crippen LogP contribution is 2.30. The van der Waals surface area contributed by atoms with E-state index >= 15 is 0 Å². The Morgan fingerprint density at radius 2 is 2.22 bits per heavy atom. The molecule has 8 heteroatoms. The fourth-order valence-electron chi connectivity index (χ4n) is 3.56. The summed E-state index contributed by atoms with van der Waals surface area (Å²) in [4.78, 5) is 16.6. The third-order valence-electron chi connectivity index (χ3n) is 4.98. The van der Waals surface area contributed by atoms with Gasteiger partial charge in [-0.05, 0) is 49.6 Å².